The summed E-state index contributed by atoms with van der Waals surface area (Å²) in [6.07, 6.45) is 4.72. The second-order valence-corrected chi connectivity index (χ2v) is 8.03. The topological polar surface area (TPSA) is 65.2 Å². The van der Waals surface area contributed by atoms with E-state index in [1.54, 1.807) is 16.6 Å². The minimum atomic E-state index is -3.38. The second kappa shape index (κ2) is 6.94. The number of nitrogens with zero attached hydrogens (tertiary/aromatic N) is 1. The lowest BCUT2D eigenvalue weighted by Gasteiger charge is -2.35. The van der Waals surface area contributed by atoms with Gasteiger partial charge in [-0.15, -0.1) is 0 Å². The van der Waals surface area contributed by atoms with Crippen LogP contribution in [0.5, 0.6) is 0 Å². The van der Waals surface area contributed by atoms with Gasteiger partial charge in [0.2, 0.25) is 10.0 Å². The number of rotatable bonds is 6. The minimum absolute atomic E-state index is 0.0859. The number of nitrogens with one attached hydrogen (secondary N) is 2. The Hall–Kier alpha value is -0.850. The van der Waals surface area contributed by atoms with E-state index in [9.17, 15) is 8.42 Å². The molecule has 120 valence electrons. The number of aromatic nitrogens is 1. The Morgan fingerprint density at radius 3 is 2.86 bits per heavy atom. The van der Waals surface area contributed by atoms with Gasteiger partial charge >= 0.3 is 0 Å². The van der Waals surface area contributed by atoms with Gasteiger partial charge in [-0.2, -0.15) is 4.31 Å². The first kappa shape index (κ1) is 16.5. The largest absolute Gasteiger partial charge is 0.363 e. The van der Waals surface area contributed by atoms with Crippen molar-refractivity contribution in [1.29, 1.82) is 0 Å². The zero-order valence-electron chi connectivity index (χ0n) is 13.2. The Balaban J connectivity index is 2.11. The molecule has 2 atom stereocenters. The summed E-state index contributed by atoms with van der Waals surface area (Å²) >= 11 is 0. The smallest absolute Gasteiger partial charge is 0.244 e. The molecular formula is C15H27N3O2S. The van der Waals surface area contributed by atoms with Gasteiger partial charge in [-0.25, -0.2) is 8.42 Å². The molecule has 0 amide bonds. The summed E-state index contributed by atoms with van der Waals surface area (Å²) in [5.74, 6) is 0.431. The summed E-state index contributed by atoms with van der Waals surface area (Å²) in [4.78, 5) is 3.45. The van der Waals surface area contributed by atoms with Crippen LogP contribution in [0.25, 0.3) is 0 Å². The third-order valence-electron chi connectivity index (χ3n) is 4.13. The average Bonchev–Trinajstić information content (AvgIpc) is 2.91. The molecule has 2 unspecified atom stereocenters. The lowest BCUT2D eigenvalue weighted by molar-refractivity contribution is 0.218. The van der Waals surface area contributed by atoms with E-state index in [4.69, 9.17) is 0 Å². The molecule has 2 rings (SSSR count). The first-order valence-corrected chi connectivity index (χ1v) is 9.29. The quantitative estimate of drug-likeness (QED) is 0.792. The predicted octanol–water partition coefficient (Wildman–Crippen LogP) is 2.32. The Labute approximate surface area is 128 Å². The van der Waals surface area contributed by atoms with E-state index in [0.29, 0.717) is 23.9 Å². The molecule has 1 aromatic rings. The molecule has 0 bridgehead atoms. The maximum Gasteiger partial charge on any atom is 0.244 e. The van der Waals surface area contributed by atoms with Gasteiger partial charge in [-0.1, -0.05) is 13.8 Å². The number of hydrogen-bond acceptors (Lipinski definition) is 3. The average molecular weight is 313 g/mol. The maximum absolute atomic E-state index is 12.8. The summed E-state index contributed by atoms with van der Waals surface area (Å²) in [6.45, 7) is 8.46. The van der Waals surface area contributed by atoms with Gasteiger partial charge in [0.05, 0.1) is 4.90 Å². The molecular weight excluding hydrogens is 286 g/mol. The van der Waals surface area contributed by atoms with E-state index >= 15 is 0 Å². The van der Waals surface area contributed by atoms with Crippen LogP contribution in [-0.4, -0.2) is 36.8 Å². The highest BCUT2D eigenvalue weighted by Crippen LogP contribution is 2.28. The predicted molar refractivity (Wildman–Crippen MR) is 84.5 cm³/mol. The Kier molecular flexibility index (Phi) is 5.46. The fraction of sp³-hybridized carbons (Fsp3) is 0.733. The van der Waals surface area contributed by atoms with Crippen LogP contribution < -0.4 is 5.32 Å². The molecule has 0 saturated carbocycles. The molecule has 1 saturated heterocycles. The van der Waals surface area contributed by atoms with Crippen molar-refractivity contribution in [2.75, 3.05) is 13.1 Å². The van der Waals surface area contributed by atoms with Crippen molar-refractivity contribution in [2.24, 2.45) is 5.92 Å². The second-order valence-electron chi connectivity index (χ2n) is 6.14. The standard InChI is InChI=1S/C15H27N3O2S/c1-4-7-16-9-14-8-15(10-17-14)21(19,20)18-11-12(2)5-6-13(18)3/h8,10,12-13,16-17H,4-7,9,11H2,1-3H3. The molecule has 0 spiro atoms. The molecule has 6 heteroatoms. The van der Waals surface area contributed by atoms with Crippen molar-refractivity contribution in [3.05, 3.63) is 18.0 Å². The zero-order chi connectivity index (χ0) is 15.5. The number of sulfonamides is 1. The van der Waals surface area contributed by atoms with Crippen LogP contribution in [0.1, 0.15) is 45.7 Å². The first-order valence-electron chi connectivity index (χ1n) is 7.85. The van der Waals surface area contributed by atoms with Crippen LogP contribution in [0.4, 0.5) is 0 Å². The summed E-state index contributed by atoms with van der Waals surface area (Å²) in [5, 5.41) is 3.27. The summed E-state index contributed by atoms with van der Waals surface area (Å²) in [6, 6.07) is 1.84. The van der Waals surface area contributed by atoms with E-state index in [1.807, 2.05) is 6.92 Å². The summed E-state index contributed by atoms with van der Waals surface area (Å²) < 4.78 is 27.2. The number of H-pyrrole nitrogens is 1. The van der Waals surface area contributed by atoms with Gasteiger partial charge in [-0.05, 0) is 44.7 Å². The third-order valence-corrected chi connectivity index (χ3v) is 6.08. The SMILES string of the molecule is CCCNCc1cc(S(=O)(=O)N2CC(C)CCC2C)c[nH]1. The van der Waals surface area contributed by atoms with Crippen LogP contribution in [0.15, 0.2) is 17.2 Å². The van der Waals surface area contributed by atoms with Gasteiger partial charge in [0.15, 0.2) is 0 Å². The van der Waals surface area contributed by atoms with Crippen molar-refractivity contribution in [1.82, 2.24) is 14.6 Å². The Morgan fingerprint density at radius 1 is 1.38 bits per heavy atom. The monoisotopic (exact) mass is 313 g/mol. The van der Waals surface area contributed by atoms with E-state index in [0.717, 1.165) is 31.5 Å². The van der Waals surface area contributed by atoms with E-state index in [1.165, 1.54) is 0 Å². The minimum Gasteiger partial charge on any atom is -0.363 e. The lowest BCUT2D eigenvalue weighted by atomic mass is 9.97. The molecule has 0 radical (unpaired) electrons. The van der Waals surface area contributed by atoms with Gasteiger partial charge in [0, 0.05) is 31.0 Å². The number of piperidine rings is 1. The molecule has 0 aromatic carbocycles. The summed E-state index contributed by atoms with van der Waals surface area (Å²) in [7, 11) is -3.38. The highest BCUT2D eigenvalue weighted by molar-refractivity contribution is 7.89. The van der Waals surface area contributed by atoms with Gasteiger partial charge in [-0.3, -0.25) is 0 Å². The van der Waals surface area contributed by atoms with Crippen LogP contribution >= 0.6 is 0 Å². The summed E-state index contributed by atoms with van der Waals surface area (Å²) in [5.41, 5.74) is 0.916. The molecule has 0 aliphatic carbocycles. The molecule has 2 N–H and O–H groups in total. The third kappa shape index (κ3) is 3.87. The van der Waals surface area contributed by atoms with Crippen LogP contribution in [0, 0.1) is 5.92 Å². The first-order chi connectivity index (χ1) is 9.95. The molecule has 1 aliphatic rings. The van der Waals surface area contributed by atoms with E-state index in [-0.39, 0.29) is 6.04 Å². The zero-order valence-corrected chi connectivity index (χ0v) is 14.0. The van der Waals surface area contributed by atoms with Gasteiger partial charge in [0.1, 0.15) is 0 Å². The van der Waals surface area contributed by atoms with Gasteiger partial charge in [0.25, 0.3) is 0 Å². The van der Waals surface area contributed by atoms with Crippen molar-refractivity contribution >= 4 is 10.0 Å². The molecule has 5 nitrogen and oxygen atoms in total. The number of hydrogen-bond donors (Lipinski definition) is 2. The Morgan fingerprint density at radius 2 is 2.14 bits per heavy atom. The van der Waals surface area contributed by atoms with Crippen LogP contribution in [-0.2, 0) is 16.6 Å². The van der Waals surface area contributed by atoms with Crippen molar-refractivity contribution in [3.8, 4) is 0 Å². The molecule has 21 heavy (non-hydrogen) atoms. The number of aromatic amines is 1. The van der Waals surface area contributed by atoms with Crippen molar-refractivity contribution in [3.63, 3.8) is 0 Å². The normalized spacial score (nSPS) is 24.3. The maximum atomic E-state index is 12.8. The molecule has 1 aliphatic heterocycles. The fourth-order valence-corrected chi connectivity index (χ4v) is 4.59. The van der Waals surface area contributed by atoms with E-state index in [2.05, 4.69) is 24.1 Å². The van der Waals surface area contributed by atoms with Crippen LogP contribution in [0.3, 0.4) is 0 Å². The van der Waals surface area contributed by atoms with E-state index < -0.39 is 10.0 Å². The molecule has 1 aromatic heterocycles. The Bertz CT molecular complexity index is 553. The van der Waals surface area contributed by atoms with Crippen LogP contribution in [0.2, 0.25) is 0 Å². The van der Waals surface area contributed by atoms with Gasteiger partial charge < -0.3 is 10.3 Å². The molecule has 2 heterocycles. The highest BCUT2D eigenvalue weighted by atomic mass is 32.2. The van der Waals surface area contributed by atoms with Crippen molar-refractivity contribution in [2.45, 2.75) is 57.5 Å². The molecule has 1 fully saturated rings. The lowest BCUT2D eigenvalue weighted by Crippen LogP contribution is -2.44. The fourth-order valence-electron chi connectivity index (χ4n) is 2.79. The highest BCUT2D eigenvalue weighted by Gasteiger charge is 2.33. The van der Waals surface area contributed by atoms with Crippen molar-refractivity contribution < 1.29 is 8.42 Å².